The fourth-order valence-electron chi connectivity index (χ4n) is 3.08. The third-order valence-corrected chi connectivity index (χ3v) is 5.05. The zero-order valence-corrected chi connectivity index (χ0v) is 18.7. The molecule has 0 aliphatic rings. The van der Waals surface area contributed by atoms with Crippen molar-refractivity contribution in [1.29, 1.82) is 0 Å². The first-order valence-corrected chi connectivity index (χ1v) is 10.4. The summed E-state index contributed by atoms with van der Waals surface area (Å²) in [7, 11) is 0. The van der Waals surface area contributed by atoms with Crippen molar-refractivity contribution in [3.05, 3.63) is 74.9 Å². The summed E-state index contributed by atoms with van der Waals surface area (Å²) in [5.74, 6) is 0.881. The summed E-state index contributed by atoms with van der Waals surface area (Å²) in [5, 5.41) is 16.7. The zero-order chi connectivity index (χ0) is 23.3. The maximum Gasteiger partial charge on any atom is 0.270 e. The van der Waals surface area contributed by atoms with E-state index in [1.54, 1.807) is 24.3 Å². The number of carbonyl (C=O) groups is 1. The Labute approximate surface area is 190 Å². The number of halogens is 1. The average Bonchev–Trinajstić information content (AvgIpc) is 2.75. The SMILES string of the molecule is CCN(CC)c1cc(C)nc(Nc2ccc(NC(=O)c3ccc([N+](=O)[O-])cc3Cl)cc2)n1. The monoisotopic (exact) mass is 454 g/mol. The molecule has 1 amide bonds. The molecule has 0 saturated heterocycles. The second-order valence-corrected chi connectivity index (χ2v) is 7.35. The molecule has 0 radical (unpaired) electrons. The molecule has 9 nitrogen and oxygen atoms in total. The van der Waals surface area contributed by atoms with Crippen LogP contribution >= 0.6 is 11.6 Å². The van der Waals surface area contributed by atoms with Crippen molar-refractivity contribution < 1.29 is 9.72 Å². The van der Waals surface area contributed by atoms with Gasteiger partial charge < -0.3 is 15.5 Å². The van der Waals surface area contributed by atoms with Gasteiger partial charge >= 0.3 is 0 Å². The van der Waals surface area contributed by atoms with Crippen LogP contribution in [0.25, 0.3) is 0 Å². The maximum atomic E-state index is 12.5. The van der Waals surface area contributed by atoms with Gasteiger partial charge in [-0.3, -0.25) is 14.9 Å². The van der Waals surface area contributed by atoms with Crippen LogP contribution in [-0.2, 0) is 0 Å². The van der Waals surface area contributed by atoms with Crippen LogP contribution in [-0.4, -0.2) is 33.9 Å². The number of hydrogen-bond donors (Lipinski definition) is 2. The van der Waals surface area contributed by atoms with Crippen molar-refractivity contribution in [2.24, 2.45) is 0 Å². The first-order chi connectivity index (χ1) is 15.3. The second-order valence-electron chi connectivity index (χ2n) is 6.94. The van der Waals surface area contributed by atoms with Gasteiger partial charge in [0.15, 0.2) is 0 Å². The smallest absolute Gasteiger partial charge is 0.270 e. The Balaban J connectivity index is 1.71. The number of rotatable bonds is 8. The van der Waals surface area contributed by atoms with Crippen LogP contribution in [0.4, 0.5) is 28.8 Å². The molecule has 0 atom stereocenters. The van der Waals surface area contributed by atoms with Crippen molar-refractivity contribution in [3.8, 4) is 0 Å². The Morgan fingerprint density at radius 3 is 2.31 bits per heavy atom. The normalized spacial score (nSPS) is 10.5. The molecule has 1 heterocycles. The fraction of sp³-hybridized carbons (Fsp3) is 0.227. The van der Waals surface area contributed by atoms with E-state index < -0.39 is 10.8 Å². The summed E-state index contributed by atoms with van der Waals surface area (Å²) in [4.78, 5) is 33.9. The first-order valence-electron chi connectivity index (χ1n) is 10.0. The van der Waals surface area contributed by atoms with E-state index in [1.165, 1.54) is 12.1 Å². The van der Waals surface area contributed by atoms with Crippen molar-refractivity contribution in [2.45, 2.75) is 20.8 Å². The van der Waals surface area contributed by atoms with Gasteiger partial charge in [0.2, 0.25) is 5.95 Å². The maximum absolute atomic E-state index is 12.5. The fourth-order valence-corrected chi connectivity index (χ4v) is 3.34. The molecule has 2 N–H and O–H groups in total. The highest BCUT2D eigenvalue weighted by Crippen LogP contribution is 2.24. The van der Waals surface area contributed by atoms with Crippen LogP contribution < -0.4 is 15.5 Å². The van der Waals surface area contributed by atoms with Crippen LogP contribution in [0.15, 0.2) is 48.5 Å². The molecule has 3 rings (SSSR count). The topological polar surface area (TPSA) is 113 Å². The van der Waals surface area contributed by atoms with Crippen LogP contribution in [0.1, 0.15) is 29.9 Å². The summed E-state index contributed by atoms with van der Waals surface area (Å²) in [6, 6.07) is 12.7. The number of non-ortho nitro benzene ring substituents is 1. The number of nitro benzene ring substituents is 1. The van der Waals surface area contributed by atoms with Gasteiger partial charge in [-0.25, -0.2) is 4.98 Å². The molecular weight excluding hydrogens is 432 g/mol. The zero-order valence-electron chi connectivity index (χ0n) is 17.9. The van der Waals surface area contributed by atoms with Crippen LogP contribution in [0.5, 0.6) is 0 Å². The predicted molar refractivity (Wildman–Crippen MR) is 126 cm³/mol. The number of hydrogen-bond acceptors (Lipinski definition) is 7. The molecule has 0 saturated carbocycles. The van der Waals surface area contributed by atoms with E-state index in [1.807, 2.05) is 13.0 Å². The molecule has 0 fully saturated rings. The van der Waals surface area contributed by atoms with Gasteiger partial charge in [0, 0.05) is 48.4 Å². The lowest BCUT2D eigenvalue weighted by Gasteiger charge is -2.20. The highest BCUT2D eigenvalue weighted by molar-refractivity contribution is 6.34. The summed E-state index contributed by atoms with van der Waals surface area (Å²) < 4.78 is 0. The number of aryl methyl sites for hydroxylation is 1. The molecule has 3 aromatic rings. The number of anilines is 4. The minimum absolute atomic E-state index is 0.00981. The molecule has 32 heavy (non-hydrogen) atoms. The highest BCUT2D eigenvalue weighted by atomic mass is 35.5. The Morgan fingerprint density at radius 2 is 1.72 bits per heavy atom. The Hall–Kier alpha value is -3.72. The van der Waals surface area contributed by atoms with E-state index in [0.717, 1.165) is 36.4 Å². The minimum atomic E-state index is -0.567. The lowest BCUT2D eigenvalue weighted by molar-refractivity contribution is -0.384. The van der Waals surface area contributed by atoms with E-state index in [4.69, 9.17) is 11.6 Å². The van der Waals surface area contributed by atoms with Crippen molar-refractivity contribution >= 4 is 46.3 Å². The van der Waals surface area contributed by atoms with Gasteiger partial charge in [0.25, 0.3) is 11.6 Å². The third-order valence-electron chi connectivity index (χ3n) is 4.74. The molecular formula is C22H23ClN6O3. The number of aromatic nitrogens is 2. The lowest BCUT2D eigenvalue weighted by atomic mass is 10.2. The Kier molecular flexibility index (Phi) is 7.21. The van der Waals surface area contributed by atoms with Gasteiger partial charge in [-0.2, -0.15) is 4.98 Å². The van der Waals surface area contributed by atoms with Crippen molar-refractivity contribution in [3.63, 3.8) is 0 Å². The molecule has 0 bridgehead atoms. The summed E-state index contributed by atoms with van der Waals surface area (Å²) in [6.07, 6.45) is 0. The van der Waals surface area contributed by atoms with Gasteiger partial charge in [-0.15, -0.1) is 0 Å². The first kappa shape index (κ1) is 23.0. The standard InChI is InChI=1S/C22H23ClN6O3/c1-4-28(5-2)20-12-14(3)24-22(27-20)26-16-8-6-15(7-9-16)25-21(30)18-11-10-17(29(31)32)13-19(18)23/h6-13H,4-5H2,1-3H3,(H,25,30)(H,24,26,27). The Morgan fingerprint density at radius 1 is 1.06 bits per heavy atom. The van der Waals surface area contributed by atoms with Crippen LogP contribution in [0.3, 0.4) is 0 Å². The van der Waals surface area contributed by atoms with Gasteiger partial charge in [0.05, 0.1) is 15.5 Å². The van der Waals surface area contributed by atoms with Gasteiger partial charge in [-0.1, -0.05) is 11.6 Å². The predicted octanol–water partition coefficient (Wildman–Crippen LogP) is 5.19. The summed E-state index contributed by atoms with van der Waals surface area (Å²) in [6.45, 7) is 7.76. The summed E-state index contributed by atoms with van der Waals surface area (Å²) >= 11 is 6.03. The number of benzene rings is 2. The number of nitrogens with zero attached hydrogens (tertiary/aromatic N) is 4. The highest BCUT2D eigenvalue weighted by Gasteiger charge is 2.15. The van der Waals surface area contributed by atoms with Crippen LogP contribution in [0, 0.1) is 17.0 Å². The molecule has 166 valence electrons. The number of nitrogens with one attached hydrogen (secondary N) is 2. The van der Waals surface area contributed by atoms with Gasteiger partial charge in [0.1, 0.15) is 5.82 Å². The number of amides is 1. The average molecular weight is 455 g/mol. The summed E-state index contributed by atoms with van der Waals surface area (Å²) in [5.41, 5.74) is 2.13. The Bertz CT molecular complexity index is 1130. The lowest BCUT2D eigenvalue weighted by Crippen LogP contribution is -2.23. The van der Waals surface area contributed by atoms with Crippen molar-refractivity contribution in [2.75, 3.05) is 28.6 Å². The number of nitro groups is 1. The van der Waals surface area contributed by atoms with E-state index in [9.17, 15) is 14.9 Å². The third kappa shape index (κ3) is 5.50. The molecule has 0 unspecified atom stereocenters. The van der Waals surface area contributed by atoms with E-state index in [0.29, 0.717) is 11.6 Å². The molecule has 0 aliphatic carbocycles. The van der Waals surface area contributed by atoms with E-state index in [-0.39, 0.29) is 16.3 Å². The van der Waals surface area contributed by atoms with E-state index >= 15 is 0 Å². The molecule has 10 heteroatoms. The van der Waals surface area contributed by atoms with Crippen LogP contribution in [0.2, 0.25) is 5.02 Å². The molecule has 1 aromatic heterocycles. The largest absolute Gasteiger partial charge is 0.357 e. The van der Waals surface area contributed by atoms with Crippen molar-refractivity contribution in [1.82, 2.24) is 9.97 Å². The number of carbonyl (C=O) groups excluding carboxylic acids is 1. The van der Waals surface area contributed by atoms with E-state index in [2.05, 4.69) is 39.3 Å². The molecule has 0 spiro atoms. The second kappa shape index (κ2) is 10.1. The molecule has 2 aromatic carbocycles. The van der Waals surface area contributed by atoms with Gasteiger partial charge in [-0.05, 0) is 51.1 Å². The minimum Gasteiger partial charge on any atom is -0.357 e. The quantitative estimate of drug-likeness (QED) is 0.355. The molecule has 0 aliphatic heterocycles.